The topological polar surface area (TPSA) is 119 Å². The molecule has 3 rings (SSSR count). The first kappa shape index (κ1) is 18.3. The normalized spacial score (nSPS) is 9.64. The second-order valence-corrected chi connectivity index (χ2v) is 5.72. The fourth-order valence-electron chi connectivity index (χ4n) is 2.39. The molecule has 0 atom stereocenters. The molecule has 0 saturated carbocycles. The monoisotopic (exact) mass is 367 g/mol. The minimum Gasteiger partial charge on any atom is -0.322 e. The molecule has 0 spiro atoms. The molecule has 0 aliphatic rings. The van der Waals surface area contributed by atoms with Gasteiger partial charge in [-0.15, -0.1) is 0 Å². The Morgan fingerprint density at radius 1 is 0.786 bits per heavy atom. The summed E-state index contributed by atoms with van der Waals surface area (Å²) in [6.07, 6.45) is 1.37. The molecule has 134 valence electrons. The quantitative estimate of drug-likeness (QED) is 0.733. The fourth-order valence-corrected chi connectivity index (χ4v) is 2.39. The van der Waals surface area contributed by atoms with Crippen molar-refractivity contribution in [2.45, 2.75) is 0 Å². The number of hydrogen-bond donors (Lipinski definition) is 2. The SMILES string of the molecule is N#Cc1ccc(NC(=O)c2ccnc(C(=O)Nc3cccc(C#N)c3)c2)cc1. The van der Waals surface area contributed by atoms with Crippen LogP contribution in [0, 0.1) is 22.7 Å². The second kappa shape index (κ2) is 8.26. The molecule has 0 radical (unpaired) electrons. The Balaban J connectivity index is 1.73. The standard InChI is InChI=1S/C21H13N5O2/c22-12-14-4-6-17(7-5-14)25-20(27)16-8-9-24-19(11-16)21(28)26-18-3-1-2-15(10-18)13-23/h1-11H,(H,25,27)(H,26,28). The molecule has 0 saturated heterocycles. The molecule has 7 heteroatoms. The first-order chi connectivity index (χ1) is 13.6. The highest BCUT2D eigenvalue weighted by Gasteiger charge is 2.13. The number of carbonyl (C=O) groups is 2. The van der Waals surface area contributed by atoms with Gasteiger partial charge in [0, 0.05) is 23.1 Å². The molecule has 0 aliphatic heterocycles. The predicted octanol–water partition coefficient (Wildman–Crippen LogP) is 3.33. The van der Waals surface area contributed by atoms with E-state index in [2.05, 4.69) is 15.6 Å². The van der Waals surface area contributed by atoms with Gasteiger partial charge in [-0.1, -0.05) is 6.07 Å². The minimum absolute atomic E-state index is 0.0647. The van der Waals surface area contributed by atoms with Crippen molar-refractivity contribution in [1.29, 1.82) is 10.5 Å². The number of hydrogen-bond acceptors (Lipinski definition) is 5. The molecule has 0 aliphatic carbocycles. The Kier molecular flexibility index (Phi) is 5.40. The van der Waals surface area contributed by atoms with Gasteiger partial charge in [0.2, 0.25) is 0 Å². The highest BCUT2D eigenvalue weighted by Crippen LogP contribution is 2.13. The smallest absolute Gasteiger partial charge is 0.274 e. The third kappa shape index (κ3) is 4.37. The maximum atomic E-state index is 12.4. The number of rotatable bonds is 4. The van der Waals surface area contributed by atoms with Crippen molar-refractivity contribution in [3.63, 3.8) is 0 Å². The van der Waals surface area contributed by atoms with Crippen molar-refractivity contribution in [1.82, 2.24) is 4.98 Å². The lowest BCUT2D eigenvalue weighted by Gasteiger charge is -2.08. The van der Waals surface area contributed by atoms with E-state index in [9.17, 15) is 9.59 Å². The number of nitriles is 2. The highest BCUT2D eigenvalue weighted by atomic mass is 16.2. The van der Waals surface area contributed by atoms with Crippen molar-refractivity contribution >= 4 is 23.2 Å². The molecule has 7 nitrogen and oxygen atoms in total. The lowest BCUT2D eigenvalue weighted by atomic mass is 10.1. The van der Waals surface area contributed by atoms with Gasteiger partial charge in [-0.25, -0.2) is 0 Å². The van der Waals surface area contributed by atoms with E-state index in [4.69, 9.17) is 10.5 Å². The van der Waals surface area contributed by atoms with Crippen LogP contribution < -0.4 is 10.6 Å². The zero-order valence-corrected chi connectivity index (χ0v) is 14.5. The van der Waals surface area contributed by atoms with E-state index in [1.54, 1.807) is 48.5 Å². The summed E-state index contributed by atoms with van der Waals surface area (Å²) in [5.41, 5.74) is 2.21. The van der Waals surface area contributed by atoms with Crippen LogP contribution in [0.15, 0.2) is 66.9 Å². The van der Waals surface area contributed by atoms with Crippen molar-refractivity contribution in [3.05, 3.63) is 89.2 Å². The van der Waals surface area contributed by atoms with E-state index in [-0.39, 0.29) is 11.3 Å². The zero-order valence-electron chi connectivity index (χ0n) is 14.5. The molecule has 0 unspecified atom stereocenters. The van der Waals surface area contributed by atoms with Gasteiger partial charge in [-0.05, 0) is 54.6 Å². The van der Waals surface area contributed by atoms with Gasteiger partial charge in [0.15, 0.2) is 0 Å². The van der Waals surface area contributed by atoms with Crippen LogP contribution in [0.1, 0.15) is 32.0 Å². The minimum atomic E-state index is -0.497. The van der Waals surface area contributed by atoms with Crippen molar-refractivity contribution in [2.24, 2.45) is 0 Å². The number of pyridine rings is 1. The van der Waals surface area contributed by atoms with Gasteiger partial charge in [-0.3, -0.25) is 14.6 Å². The molecule has 2 aromatic carbocycles. The summed E-state index contributed by atoms with van der Waals surface area (Å²) >= 11 is 0. The number of aromatic nitrogens is 1. The molecule has 28 heavy (non-hydrogen) atoms. The van der Waals surface area contributed by atoms with Crippen LogP contribution in [0.5, 0.6) is 0 Å². The Hall–Kier alpha value is -4.49. The molecule has 1 heterocycles. The third-order valence-corrected chi connectivity index (χ3v) is 3.78. The maximum absolute atomic E-state index is 12.4. The number of nitrogens with one attached hydrogen (secondary N) is 2. The Morgan fingerprint density at radius 2 is 1.50 bits per heavy atom. The first-order valence-corrected chi connectivity index (χ1v) is 8.18. The summed E-state index contributed by atoms with van der Waals surface area (Å²) in [5.74, 6) is -0.907. The number of nitrogens with zero attached hydrogens (tertiary/aromatic N) is 3. The summed E-state index contributed by atoms with van der Waals surface area (Å²) < 4.78 is 0. The van der Waals surface area contributed by atoms with E-state index in [0.717, 1.165) is 0 Å². The van der Waals surface area contributed by atoms with Crippen LogP contribution in [0.3, 0.4) is 0 Å². The molecule has 0 fully saturated rings. The van der Waals surface area contributed by atoms with Crippen LogP contribution in [-0.2, 0) is 0 Å². The van der Waals surface area contributed by atoms with Crippen LogP contribution in [0.25, 0.3) is 0 Å². The number of benzene rings is 2. The van der Waals surface area contributed by atoms with Crippen LogP contribution >= 0.6 is 0 Å². The molecule has 2 amide bonds. The predicted molar refractivity (Wildman–Crippen MR) is 102 cm³/mol. The lowest BCUT2D eigenvalue weighted by molar-refractivity contribution is 0.102. The summed E-state index contributed by atoms with van der Waals surface area (Å²) in [6.45, 7) is 0. The van der Waals surface area contributed by atoms with Gasteiger partial charge in [0.25, 0.3) is 11.8 Å². The van der Waals surface area contributed by atoms with Gasteiger partial charge in [-0.2, -0.15) is 10.5 Å². The van der Waals surface area contributed by atoms with E-state index >= 15 is 0 Å². The van der Waals surface area contributed by atoms with Gasteiger partial charge >= 0.3 is 0 Å². The van der Waals surface area contributed by atoms with Crippen molar-refractivity contribution in [3.8, 4) is 12.1 Å². The average molecular weight is 367 g/mol. The molecule has 2 N–H and O–H groups in total. The summed E-state index contributed by atoms with van der Waals surface area (Å²) in [4.78, 5) is 28.8. The van der Waals surface area contributed by atoms with E-state index in [1.807, 2.05) is 12.1 Å². The van der Waals surface area contributed by atoms with E-state index < -0.39 is 11.8 Å². The largest absolute Gasteiger partial charge is 0.322 e. The van der Waals surface area contributed by atoms with Gasteiger partial charge in [0.05, 0.1) is 23.3 Å². The molecule has 1 aromatic heterocycles. The Labute approximate surface area is 160 Å². The Bertz CT molecular complexity index is 1120. The average Bonchev–Trinajstić information content (AvgIpc) is 2.74. The number of amides is 2. The van der Waals surface area contributed by atoms with Gasteiger partial charge < -0.3 is 10.6 Å². The Morgan fingerprint density at radius 3 is 2.21 bits per heavy atom. The molecular formula is C21H13N5O2. The van der Waals surface area contributed by atoms with Crippen LogP contribution in [0.2, 0.25) is 0 Å². The maximum Gasteiger partial charge on any atom is 0.274 e. The van der Waals surface area contributed by atoms with Crippen LogP contribution in [-0.4, -0.2) is 16.8 Å². The number of anilines is 2. The lowest BCUT2D eigenvalue weighted by Crippen LogP contribution is -2.17. The van der Waals surface area contributed by atoms with E-state index in [0.29, 0.717) is 22.5 Å². The zero-order chi connectivity index (χ0) is 19.9. The second-order valence-electron chi connectivity index (χ2n) is 5.72. The molecule has 3 aromatic rings. The van der Waals surface area contributed by atoms with E-state index in [1.165, 1.54) is 18.3 Å². The fraction of sp³-hybridized carbons (Fsp3) is 0. The highest BCUT2D eigenvalue weighted by molar-refractivity contribution is 6.07. The molecular weight excluding hydrogens is 354 g/mol. The van der Waals surface area contributed by atoms with Crippen LogP contribution in [0.4, 0.5) is 11.4 Å². The number of carbonyl (C=O) groups excluding carboxylic acids is 2. The summed E-state index contributed by atoms with van der Waals surface area (Å²) in [6, 6.07) is 19.8. The summed E-state index contributed by atoms with van der Waals surface area (Å²) in [7, 11) is 0. The first-order valence-electron chi connectivity index (χ1n) is 8.18. The third-order valence-electron chi connectivity index (χ3n) is 3.78. The van der Waals surface area contributed by atoms with Crippen molar-refractivity contribution in [2.75, 3.05) is 10.6 Å². The van der Waals surface area contributed by atoms with Crippen molar-refractivity contribution < 1.29 is 9.59 Å². The summed E-state index contributed by atoms with van der Waals surface area (Å²) in [5, 5.41) is 23.1. The molecule has 0 bridgehead atoms. The van der Waals surface area contributed by atoms with Gasteiger partial charge in [0.1, 0.15) is 5.69 Å².